The second-order valence-corrected chi connectivity index (χ2v) is 7.31. The molecule has 0 saturated carbocycles. The summed E-state index contributed by atoms with van der Waals surface area (Å²) in [5, 5.41) is 5.77. The van der Waals surface area contributed by atoms with Crippen molar-refractivity contribution in [3.8, 4) is 5.75 Å². The first kappa shape index (κ1) is 18.0. The predicted octanol–water partition coefficient (Wildman–Crippen LogP) is 4.87. The number of ether oxygens (including phenoxy) is 1. The van der Waals surface area contributed by atoms with E-state index >= 15 is 0 Å². The summed E-state index contributed by atoms with van der Waals surface area (Å²) in [5.74, 6) is -0.0669. The maximum absolute atomic E-state index is 12.4. The van der Waals surface area contributed by atoms with Crippen LogP contribution in [0.2, 0.25) is 0 Å². The summed E-state index contributed by atoms with van der Waals surface area (Å²) in [6.45, 7) is 2.11. The quantitative estimate of drug-likeness (QED) is 0.391. The maximum atomic E-state index is 12.4. The van der Waals surface area contributed by atoms with Gasteiger partial charge in [0.15, 0.2) is 0 Å². The third-order valence-electron chi connectivity index (χ3n) is 4.39. The van der Waals surface area contributed by atoms with Gasteiger partial charge in [0.2, 0.25) is 0 Å². The van der Waals surface area contributed by atoms with Gasteiger partial charge in [-0.15, -0.1) is 11.3 Å². The monoisotopic (exact) mass is 390 g/mol. The van der Waals surface area contributed by atoms with E-state index in [0.29, 0.717) is 16.3 Å². The van der Waals surface area contributed by atoms with Crippen LogP contribution in [-0.4, -0.2) is 16.4 Å². The number of thiophene rings is 1. The molecule has 28 heavy (non-hydrogen) atoms. The van der Waals surface area contributed by atoms with Gasteiger partial charge >= 0.3 is 5.97 Å². The zero-order valence-electron chi connectivity index (χ0n) is 15.2. The predicted molar refractivity (Wildman–Crippen MR) is 111 cm³/mol. The molecule has 0 aliphatic carbocycles. The van der Waals surface area contributed by atoms with Gasteiger partial charge in [-0.2, -0.15) is 0 Å². The van der Waals surface area contributed by atoms with Crippen molar-refractivity contribution in [2.75, 3.05) is 5.32 Å². The molecule has 4 rings (SSSR count). The van der Waals surface area contributed by atoms with E-state index in [2.05, 4.69) is 5.32 Å². The number of anilines is 1. The lowest BCUT2D eigenvalue weighted by molar-refractivity contribution is -0.135. The number of hydrogen-bond donors (Lipinski definition) is 1. The molecule has 6 heteroatoms. The summed E-state index contributed by atoms with van der Waals surface area (Å²) in [6, 6.07) is 20.3. The Kier molecular flexibility index (Phi) is 4.95. The summed E-state index contributed by atoms with van der Waals surface area (Å²) >= 11 is 1.38. The van der Waals surface area contributed by atoms with Crippen LogP contribution in [0.15, 0.2) is 72.1 Å². The number of nitrogens with zero attached hydrogens (tertiary/aromatic N) is 1. The number of para-hydroxylation sites is 1. The van der Waals surface area contributed by atoms with Gasteiger partial charge in [0.25, 0.3) is 5.91 Å². The molecule has 1 N–H and O–H groups in total. The van der Waals surface area contributed by atoms with E-state index in [0.717, 1.165) is 16.6 Å². The van der Waals surface area contributed by atoms with Gasteiger partial charge in [-0.05, 0) is 60.2 Å². The van der Waals surface area contributed by atoms with E-state index in [9.17, 15) is 9.59 Å². The Morgan fingerprint density at radius 3 is 2.57 bits per heavy atom. The van der Waals surface area contributed by atoms with E-state index in [-0.39, 0.29) is 18.4 Å². The largest absolute Gasteiger partial charge is 0.425 e. The highest BCUT2D eigenvalue weighted by Crippen LogP contribution is 2.21. The fraction of sp³-hybridized carbons (Fsp3) is 0.0909. The highest BCUT2D eigenvalue weighted by molar-refractivity contribution is 7.12. The first-order valence-electron chi connectivity index (χ1n) is 8.80. The number of aromatic nitrogens is 1. The second kappa shape index (κ2) is 7.70. The zero-order chi connectivity index (χ0) is 19.5. The topological polar surface area (TPSA) is 60.3 Å². The Morgan fingerprint density at radius 1 is 1.04 bits per heavy atom. The van der Waals surface area contributed by atoms with Crippen LogP contribution in [0.25, 0.3) is 10.9 Å². The van der Waals surface area contributed by atoms with E-state index in [4.69, 9.17) is 4.74 Å². The minimum Gasteiger partial charge on any atom is -0.425 e. The molecule has 0 saturated heterocycles. The number of nitrogens with one attached hydrogen (secondary N) is 1. The SMILES string of the molecule is Cc1cc2ccccc2n1CC(=O)Oc1ccc(NC(=O)c2cccs2)cc1. The lowest BCUT2D eigenvalue weighted by Crippen LogP contribution is -2.17. The Balaban J connectivity index is 1.40. The van der Waals surface area contributed by atoms with Crippen LogP contribution in [0, 0.1) is 6.92 Å². The fourth-order valence-corrected chi connectivity index (χ4v) is 3.68. The Bertz CT molecular complexity index is 1130. The summed E-state index contributed by atoms with van der Waals surface area (Å²) in [4.78, 5) is 25.1. The van der Waals surface area contributed by atoms with Crippen molar-refractivity contribution in [1.29, 1.82) is 0 Å². The standard InChI is InChI=1S/C22H18N2O3S/c1-15-13-16-5-2-3-6-19(16)24(15)14-21(25)27-18-10-8-17(9-11-18)23-22(26)20-7-4-12-28-20/h2-13H,14H2,1H3,(H,23,26). The Hall–Kier alpha value is -3.38. The van der Waals surface area contributed by atoms with Crippen molar-refractivity contribution < 1.29 is 14.3 Å². The summed E-state index contributed by atoms with van der Waals surface area (Å²) in [6.07, 6.45) is 0. The van der Waals surface area contributed by atoms with Crippen LogP contribution in [0.1, 0.15) is 15.4 Å². The minimum absolute atomic E-state index is 0.135. The first-order valence-corrected chi connectivity index (χ1v) is 9.68. The molecule has 4 aromatic rings. The van der Waals surface area contributed by atoms with Crippen LogP contribution >= 0.6 is 11.3 Å². The van der Waals surface area contributed by atoms with Crippen LogP contribution in [0.4, 0.5) is 5.69 Å². The number of carbonyl (C=O) groups excluding carboxylic acids is 2. The number of benzene rings is 2. The maximum Gasteiger partial charge on any atom is 0.331 e. The molecule has 2 heterocycles. The van der Waals surface area contributed by atoms with Crippen molar-refractivity contribution in [2.24, 2.45) is 0 Å². The molecule has 0 aliphatic rings. The van der Waals surface area contributed by atoms with Gasteiger partial charge in [0, 0.05) is 16.9 Å². The molecule has 0 fully saturated rings. The molecule has 1 amide bonds. The number of hydrogen-bond acceptors (Lipinski definition) is 4. The number of carbonyl (C=O) groups is 2. The molecule has 5 nitrogen and oxygen atoms in total. The van der Waals surface area contributed by atoms with Gasteiger partial charge in [-0.1, -0.05) is 24.3 Å². The molecule has 0 aliphatic heterocycles. The molecule has 0 spiro atoms. The van der Waals surface area contributed by atoms with Gasteiger partial charge < -0.3 is 14.6 Å². The summed E-state index contributed by atoms with van der Waals surface area (Å²) in [7, 11) is 0. The van der Waals surface area contributed by atoms with Crippen molar-refractivity contribution >= 4 is 39.8 Å². The molecule has 0 atom stereocenters. The van der Waals surface area contributed by atoms with Crippen molar-refractivity contribution in [3.63, 3.8) is 0 Å². The molecule has 2 aromatic heterocycles. The number of amides is 1. The van der Waals surface area contributed by atoms with Crippen LogP contribution in [0.3, 0.4) is 0 Å². The third-order valence-corrected chi connectivity index (χ3v) is 5.26. The normalized spacial score (nSPS) is 10.8. The zero-order valence-corrected chi connectivity index (χ0v) is 16.0. The Morgan fingerprint density at radius 2 is 1.82 bits per heavy atom. The summed E-state index contributed by atoms with van der Waals surface area (Å²) in [5.41, 5.74) is 2.65. The minimum atomic E-state index is -0.347. The van der Waals surface area contributed by atoms with Crippen molar-refractivity contribution in [3.05, 3.63) is 82.7 Å². The average Bonchev–Trinajstić information content (AvgIpc) is 3.32. The lowest BCUT2D eigenvalue weighted by Gasteiger charge is -2.09. The lowest BCUT2D eigenvalue weighted by atomic mass is 10.2. The smallest absolute Gasteiger partial charge is 0.331 e. The van der Waals surface area contributed by atoms with Gasteiger partial charge in [0.1, 0.15) is 12.3 Å². The highest BCUT2D eigenvalue weighted by Gasteiger charge is 2.12. The van der Waals surface area contributed by atoms with E-state index in [1.807, 2.05) is 53.3 Å². The number of esters is 1. The molecule has 0 unspecified atom stereocenters. The van der Waals surface area contributed by atoms with Gasteiger partial charge in [-0.3, -0.25) is 4.79 Å². The van der Waals surface area contributed by atoms with Crippen LogP contribution < -0.4 is 10.1 Å². The molecule has 140 valence electrons. The summed E-state index contributed by atoms with van der Waals surface area (Å²) < 4.78 is 7.39. The van der Waals surface area contributed by atoms with Gasteiger partial charge in [0.05, 0.1) is 4.88 Å². The van der Waals surface area contributed by atoms with E-state index in [1.165, 1.54) is 11.3 Å². The van der Waals surface area contributed by atoms with E-state index in [1.54, 1.807) is 30.3 Å². The molecular formula is C22H18N2O3S. The van der Waals surface area contributed by atoms with Crippen molar-refractivity contribution in [1.82, 2.24) is 4.57 Å². The average molecular weight is 390 g/mol. The fourth-order valence-electron chi connectivity index (χ4n) is 3.06. The Labute approximate surface area is 166 Å². The van der Waals surface area contributed by atoms with Crippen LogP contribution in [-0.2, 0) is 11.3 Å². The van der Waals surface area contributed by atoms with E-state index < -0.39 is 0 Å². The van der Waals surface area contributed by atoms with Crippen LogP contribution in [0.5, 0.6) is 5.75 Å². The number of fused-ring (bicyclic) bond motifs is 1. The third kappa shape index (κ3) is 3.82. The molecule has 0 bridgehead atoms. The van der Waals surface area contributed by atoms with Crippen molar-refractivity contribution in [2.45, 2.75) is 13.5 Å². The molecule has 0 radical (unpaired) electrons. The molecular weight excluding hydrogens is 372 g/mol. The number of aryl methyl sites for hydroxylation is 1. The second-order valence-electron chi connectivity index (χ2n) is 6.36. The molecule has 2 aromatic carbocycles. The first-order chi connectivity index (χ1) is 13.6. The highest BCUT2D eigenvalue weighted by atomic mass is 32.1. The van der Waals surface area contributed by atoms with Gasteiger partial charge in [-0.25, -0.2) is 4.79 Å². The number of rotatable bonds is 5.